The molecule has 5 heteroatoms. The Morgan fingerprint density at radius 1 is 1.50 bits per heavy atom. The van der Waals surface area contributed by atoms with Crippen LogP contribution in [0, 0.1) is 0 Å². The minimum absolute atomic E-state index is 0.295. The molecule has 1 radical (unpaired) electrons. The highest BCUT2D eigenvalue weighted by atomic mass is 19.1. The molecule has 0 rings (SSSR count). The lowest BCUT2D eigenvalue weighted by molar-refractivity contribution is -0.129. The van der Waals surface area contributed by atoms with Gasteiger partial charge in [0, 0.05) is 6.42 Å². The molecule has 0 aliphatic heterocycles. The maximum Gasteiger partial charge on any atom is 0.271 e. The standard InChI is InChI=1S/C7H12FN2O2/c1-2-3-4-6(11)9-10-7(12)5-8/h2-5H2,1H3,(H,10,12). The fourth-order valence-electron chi connectivity index (χ4n) is 0.538. The number of halogens is 1. The molecule has 0 bridgehead atoms. The number of nitrogens with zero attached hydrogens (tertiary/aromatic N) is 1. The molecule has 69 valence electrons. The lowest BCUT2D eigenvalue weighted by Crippen LogP contribution is -2.36. The highest BCUT2D eigenvalue weighted by Gasteiger charge is 2.04. The molecule has 0 saturated carbocycles. The lowest BCUT2D eigenvalue weighted by atomic mass is 10.2. The van der Waals surface area contributed by atoms with E-state index in [0.717, 1.165) is 12.8 Å². The fraction of sp³-hybridized carbons (Fsp3) is 0.714. The second-order valence-corrected chi connectivity index (χ2v) is 2.28. The Morgan fingerprint density at radius 2 is 2.17 bits per heavy atom. The number of hydrogen-bond acceptors (Lipinski definition) is 2. The largest absolute Gasteiger partial charge is 0.271 e. The number of alkyl halides is 1. The van der Waals surface area contributed by atoms with Gasteiger partial charge in [0.1, 0.15) is 0 Å². The molecule has 0 aromatic carbocycles. The van der Waals surface area contributed by atoms with Gasteiger partial charge >= 0.3 is 0 Å². The molecule has 0 spiro atoms. The number of unbranched alkanes of at least 4 members (excludes halogenated alkanes) is 1. The van der Waals surface area contributed by atoms with E-state index < -0.39 is 18.5 Å². The van der Waals surface area contributed by atoms with Crippen LogP contribution in [0.15, 0.2) is 0 Å². The number of rotatable bonds is 4. The van der Waals surface area contributed by atoms with Crippen molar-refractivity contribution in [3.63, 3.8) is 0 Å². The molecule has 12 heavy (non-hydrogen) atoms. The summed E-state index contributed by atoms with van der Waals surface area (Å²) < 4.78 is 11.5. The van der Waals surface area contributed by atoms with Crippen LogP contribution in [0.2, 0.25) is 0 Å². The van der Waals surface area contributed by atoms with E-state index in [1.807, 2.05) is 6.92 Å². The topological polar surface area (TPSA) is 60.3 Å². The third-order valence-electron chi connectivity index (χ3n) is 1.17. The second kappa shape index (κ2) is 6.57. The minimum atomic E-state index is -1.15. The molecule has 0 unspecified atom stereocenters. The highest BCUT2D eigenvalue weighted by Crippen LogP contribution is 1.92. The summed E-state index contributed by atoms with van der Waals surface area (Å²) in [5.74, 6) is -1.31. The Balaban J connectivity index is 3.37. The quantitative estimate of drug-likeness (QED) is 0.625. The average Bonchev–Trinajstić information content (AvgIpc) is 2.10. The first kappa shape index (κ1) is 10.9. The van der Waals surface area contributed by atoms with Crippen LogP contribution in [0.5, 0.6) is 0 Å². The molecule has 2 amide bonds. The van der Waals surface area contributed by atoms with Crippen molar-refractivity contribution in [2.24, 2.45) is 0 Å². The molecule has 0 aromatic heterocycles. The zero-order chi connectivity index (χ0) is 9.40. The summed E-state index contributed by atoms with van der Waals surface area (Å²) in [6, 6.07) is 0. The van der Waals surface area contributed by atoms with Crippen LogP contribution in [0.25, 0.3) is 0 Å². The number of amides is 2. The highest BCUT2D eigenvalue weighted by molar-refractivity contribution is 5.82. The Labute approximate surface area is 70.5 Å². The van der Waals surface area contributed by atoms with E-state index in [4.69, 9.17) is 0 Å². The monoisotopic (exact) mass is 175 g/mol. The van der Waals surface area contributed by atoms with Gasteiger partial charge in [0.05, 0.1) is 0 Å². The molecule has 0 fully saturated rings. The van der Waals surface area contributed by atoms with Gasteiger partial charge in [-0.15, -0.1) is 5.43 Å². The van der Waals surface area contributed by atoms with E-state index >= 15 is 0 Å². The summed E-state index contributed by atoms with van der Waals surface area (Å²) in [4.78, 5) is 21.0. The first-order valence-electron chi connectivity index (χ1n) is 3.79. The summed E-state index contributed by atoms with van der Waals surface area (Å²) in [6.45, 7) is 0.790. The van der Waals surface area contributed by atoms with Gasteiger partial charge in [-0.25, -0.2) is 9.82 Å². The van der Waals surface area contributed by atoms with Crippen molar-refractivity contribution in [3.05, 3.63) is 0 Å². The average molecular weight is 175 g/mol. The van der Waals surface area contributed by atoms with Crippen LogP contribution in [-0.4, -0.2) is 18.5 Å². The van der Waals surface area contributed by atoms with Crippen LogP contribution >= 0.6 is 0 Å². The molecule has 0 atom stereocenters. The van der Waals surface area contributed by atoms with Crippen molar-refractivity contribution < 1.29 is 14.0 Å². The fourth-order valence-corrected chi connectivity index (χ4v) is 0.538. The Bertz CT molecular complexity index is 161. The van der Waals surface area contributed by atoms with Gasteiger partial charge in [0.15, 0.2) is 6.67 Å². The van der Waals surface area contributed by atoms with E-state index in [1.165, 1.54) is 0 Å². The Hall–Kier alpha value is -1.13. The summed E-state index contributed by atoms with van der Waals surface area (Å²) in [6.07, 6.45) is 1.91. The van der Waals surface area contributed by atoms with Crippen molar-refractivity contribution in [3.8, 4) is 0 Å². The summed E-state index contributed by atoms with van der Waals surface area (Å²) in [5, 5.41) is 0. The predicted octanol–water partition coefficient (Wildman–Crippen LogP) is 0.308. The van der Waals surface area contributed by atoms with E-state index in [9.17, 15) is 14.0 Å². The molecule has 1 N–H and O–H groups in total. The van der Waals surface area contributed by atoms with Crippen LogP contribution < -0.4 is 10.9 Å². The second-order valence-electron chi connectivity index (χ2n) is 2.28. The zero-order valence-electron chi connectivity index (χ0n) is 6.97. The maximum absolute atomic E-state index is 11.5. The molecule has 4 nitrogen and oxygen atoms in total. The predicted molar refractivity (Wildman–Crippen MR) is 40.8 cm³/mol. The summed E-state index contributed by atoms with van der Waals surface area (Å²) in [7, 11) is 0. The van der Waals surface area contributed by atoms with E-state index in [1.54, 1.807) is 5.43 Å². The van der Waals surface area contributed by atoms with E-state index in [-0.39, 0.29) is 0 Å². The normalized spacial score (nSPS) is 9.17. The summed E-state index contributed by atoms with van der Waals surface area (Å²) in [5.41, 5.74) is 4.96. The first-order valence-corrected chi connectivity index (χ1v) is 3.79. The van der Waals surface area contributed by atoms with Gasteiger partial charge in [0.25, 0.3) is 11.8 Å². The van der Waals surface area contributed by atoms with Crippen molar-refractivity contribution in [2.45, 2.75) is 26.2 Å². The minimum Gasteiger partial charge on any atom is -0.271 e. The molecule has 0 aliphatic carbocycles. The van der Waals surface area contributed by atoms with Gasteiger partial charge in [-0.2, -0.15) is 0 Å². The molecule has 0 saturated heterocycles. The van der Waals surface area contributed by atoms with Crippen LogP contribution in [0.4, 0.5) is 4.39 Å². The molecule has 0 aliphatic rings. The third-order valence-corrected chi connectivity index (χ3v) is 1.17. The third kappa shape index (κ3) is 5.64. The molecule has 0 aromatic rings. The number of hydrogen-bond donors (Lipinski definition) is 1. The van der Waals surface area contributed by atoms with Crippen LogP contribution in [0.3, 0.4) is 0 Å². The lowest BCUT2D eigenvalue weighted by Gasteiger charge is -1.99. The number of nitrogens with one attached hydrogen (secondary N) is 1. The van der Waals surface area contributed by atoms with Gasteiger partial charge in [-0.1, -0.05) is 13.3 Å². The van der Waals surface area contributed by atoms with Gasteiger partial charge in [-0.05, 0) is 6.42 Å². The van der Waals surface area contributed by atoms with Gasteiger partial charge < -0.3 is 0 Å². The number of carbonyl (C=O) groups is 2. The van der Waals surface area contributed by atoms with Gasteiger partial charge in [-0.3, -0.25) is 9.59 Å². The molecular formula is C7H12FN2O2. The Morgan fingerprint density at radius 3 is 2.67 bits per heavy atom. The van der Waals surface area contributed by atoms with Crippen molar-refractivity contribution >= 4 is 11.8 Å². The number of carbonyl (C=O) groups excluding carboxylic acids is 2. The van der Waals surface area contributed by atoms with Crippen LogP contribution in [-0.2, 0) is 9.59 Å². The van der Waals surface area contributed by atoms with Crippen molar-refractivity contribution in [1.29, 1.82) is 0 Å². The van der Waals surface area contributed by atoms with E-state index in [2.05, 4.69) is 5.43 Å². The maximum atomic E-state index is 11.5. The van der Waals surface area contributed by atoms with E-state index in [0.29, 0.717) is 6.42 Å². The van der Waals surface area contributed by atoms with Gasteiger partial charge in [0.2, 0.25) is 0 Å². The Kier molecular flexibility index (Phi) is 5.95. The zero-order valence-corrected chi connectivity index (χ0v) is 6.97. The van der Waals surface area contributed by atoms with Crippen molar-refractivity contribution in [2.75, 3.05) is 6.67 Å². The van der Waals surface area contributed by atoms with Crippen LogP contribution in [0.1, 0.15) is 26.2 Å². The SMILES string of the molecule is CCCCC(=O)[N]NC(=O)CF. The summed E-state index contributed by atoms with van der Waals surface area (Å²) >= 11 is 0. The molecule has 0 heterocycles. The van der Waals surface area contributed by atoms with Crippen molar-refractivity contribution in [1.82, 2.24) is 10.9 Å². The molecular weight excluding hydrogens is 163 g/mol. The smallest absolute Gasteiger partial charge is 0.271 e. The first-order chi connectivity index (χ1) is 5.70.